The van der Waals surface area contributed by atoms with E-state index in [1.807, 2.05) is 24.3 Å². The summed E-state index contributed by atoms with van der Waals surface area (Å²) in [7, 11) is 0. The number of benzene rings is 1. The van der Waals surface area contributed by atoms with E-state index in [2.05, 4.69) is 21.2 Å². The van der Waals surface area contributed by atoms with E-state index in [-0.39, 0.29) is 11.8 Å². The molecule has 1 aliphatic rings. The largest absolute Gasteiger partial charge is 0.481 e. The van der Waals surface area contributed by atoms with Crippen molar-refractivity contribution in [2.24, 2.45) is 5.92 Å². The number of halogens is 1. The predicted molar refractivity (Wildman–Crippen MR) is 60.9 cm³/mol. The molecule has 0 saturated carbocycles. The average molecular weight is 270 g/mol. The highest BCUT2D eigenvalue weighted by Gasteiger charge is 2.33. The molecule has 0 radical (unpaired) electrons. The van der Waals surface area contributed by atoms with Crippen LogP contribution in [0.5, 0.6) is 0 Å². The van der Waals surface area contributed by atoms with Crippen LogP contribution in [0, 0.1) is 5.92 Å². The van der Waals surface area contributed by atoms with Crippen molar-refractivity contribution in [2.45, 2.75) is 5.92 Å². The number of rotatable bonds is 3. The Morgan fingerprint density at radius 2 is 2.00 bits per heavy atom. The Hall–Kier alpha value is -0.870. The van der Waals surface area contributed by atoms with E-state index < -0.39 is 5.97 Å². The van der Waals surface area contributed by atoms with E-state index in [9.17, 15) is 9.90 Å². The van der Waals surface area contributed by atoms with E-state index in [4.69, 9.17) is 0 Å². The van der Waals surface area contributed by atoms with Gasteiger partial charge in [-0.3, -0.25) is 4.79 Å². The molecular weight excluding hydrogens is 258 g/mol. The van der Waals surface area contributed by atoms with E-state index in [0.29, 0.717) is 0 Å². The first-order valence-electron chi connectivity index (χ1n) is 4.87. The lowest BCUT2D eigenvalue weighted by Crippen LogP contribution is -2.47. The minimum Gasteiger partial charge on any atom is -0.481 e. The number of hydrogen-bond acceptors (Lipinski definition) is 2. The molecule has 1 aliphatic heterocycles. The van der Waals surface area contributed by atoms with Gasteiger partial charge >= 0.3 is 5.97 Å². The number of aliphatic carboxylic acids is 1. The molecule has 80 valence electrons. The molecule has 2 N–H and O–H groups in total. The van der Waals surface area contributed by atoms with E-state index in [1.165, 1.54) is 0 Å². The van der Waals surface area contributed by atoms with E-state index >= 15 is 0 Å². The third-order valence-electron chi connectivity index (χ3n) is 2.78. The monoisotopic (exact) mass is 269 g/mol. The highest BCUT2D eigenvalue weighted by molar-refractivity contribution is 9.10. The second-order valence-corrected chi connectivity index (χ2v) is 4.70. The van der Waals surface area contributed by atoms with Gasteiger partial charge in [0, 0.05) is 23.5 Å². The highest BCUT2D eigenvalue weighted by atomic mass is 79.9. The molecule has 1 aromatic carbocycles. The summed E-state index contributed by atoms with van der Waals surface area (Å²) in [5.41, 5.74) is 0.886. The van der Waals surface area contributed by atoms with Gasteiger partial charge in [0.1, 0.15) is 0 Å². The molecule has 1 fully saturated rings. The Balaban J connectivity index is 2.23. The predicted octanol–water partition coefficient (Wildman–Crippen LogP) is 1.84. The zero-order valence-corrected chi connectivity index (χ0v) is 9.70. The van der Waals surface area contributed by atoms with Gasteiger partial charge in [-0.05, 0) is 17.7 Å². The van der Waals surface area contributed by atoms with Gasteiger partial charge < -0.3 is 10.4 Å². The second kappa shape index (κ2) is 4.33. The van der Waals surface area contributed by atoms with Crippen molar-refractivity contribution in [3.8, 4) is 0 Å². The third kappa shape index (κ3) is 2.21. The second-order valence-electron chi connectivity index (χ2n) is 3.79. The van der Waals surface area contributed by atoms with E-state index in [0.717, 1.165) is 23.1 Å². The van der Waals surface area contributed by atoms with Gasteiger partial charge in [-0.2, -0.15) is 0 Å². The number of carbonyl (C=O) groups is 1. The fourth-order valence-electron chi connectivity index (χ4n) is 1.83. The summed E-state index contributed by atoms with van der Waals surface area (Å²) in [6, 6.07) is 7.52. The summed E-state index contributed by atoms with van der Waals surface area (Å²) in [6.45, 7) is 1.60. The van der Waals surface area contributed by atoms with Crippen LogP contribution in [0.2, 0.25) is 0 Å². The van der Waals surface area contributed by atoms with Crippen LogP contribution in [0.25, 0.3) is 0 Å². The summed E-state index contributed by atoms with van der Waals surface area (Å²) in [5.74, 6) is -0.883. The van der Waals surface area contributed by atoms with Crippen molar-refractivity contribution in [3.63, 3.8) is 0 Å². The molecule has 1 atom stereocenters. The Morgan fingerprint density at radius 1 is 1.40 bits per heavy atom. The lowest BCUT2D eigenvalue weighted by atomic mass is 9.82. The minimum atomic E-state index is -0.733. The molecule has 0 aromatic heterocycles. The zero-order valence-electron chi connectivity index (χ0n) is 8.11. The topological polar surface area (TPSA) is 49.3 Å². The first kappa shape index (κ1) is 10.6. The summed E-state index contributed by atoms with van der Waals surface area (Å²) in [4.78, 5) is 11.2. The Kier molecular flexibility index (Phi) is 3.07. The van der Waals surface area contributed by atoms with Crippen LogP contribution in [0.4, 0.5) is 0 Å². The van der Waals surface area contributed by atoms with Crippen molar-refractivity contribution in [1.29, 1.82) is 0 Å². The maximum Gasteiger partial charge on any atom is 0.311 e. The van der Waals surface area contributed by atoms with Crippen molar-refractivity contribution in [3.05, 3.63) is 34.3 Å². The smallest absolute Gasteiger partial charge is 0.311 e. The van der Waals surface area contributed by atoms with Crippen LogP contribution in [0.15, 0.2) is 28.7 Å². The normalized spacial score (nSPS) is 18.2. The van der Waals surface area contributed by atoms with Crippen molar-refractivity contribution < 1.29 is 9.90 Å². The third-order valence-corrected chi connectivity index (χ3v) is 3.31. The Bertz CT molecular complexity index is 359. The van der Waals surface area contributed by atoms with Gasteiger partial charge in [0.25, 0.3) is 0 Å². The summed E-state index contributed by atoms with van der Waals surface area (Å²) in [6.07, 6.45) is 0. The number of carboxylic acid groups (broad SMARTS) is 1. The SMILES string of the molecule is O=C(O)C(c1ccc(Br)cc1)C1CNC1. The van der Waals surface area contributed by atoms with Gasteiger partial charge in [0.05, 0.1) is 5.92 Å². The molecule has 1 heterocycles. The standard InChI is InChI=1S/C11H12BrNO2/c12-9-3-1-7(2-4-9)10(11(14)15)8-5-13-6-8/h1-4,8,10,13H,5-6H2,(H,14,15). The highest BCUT2D eigenvalue weighted by Crippen LogP contribution is 2.28. The molecule has 2 rings (SSSR count). The van der Waals surface area contributed by atoms with Gasteiger partial charge in [0.15, 0.2) is 0 Å². The van der Waals surface area contributed by atoms with Gasteiger partial charge in [-0.1, -0.05) is 28.1 Å². The summed E-state index contributed by atoms with van der Waals surface area (Å²) in [5, 5.41) is 12.3. The average Bonchev–Trinajstić information content (AvgIpc) is 2.12. The van der Waals surface area contributed by atoms with Crippen LogP contribution in [0.1, 0.15) is 11.5 Å². The van der Waals surface area contributed by atoms with Crippen LogP contribution in [-0.4, -0.2) is 24.2 Å². The van der Waals surface area contributed by atoms with Gasteiger partial charge in [-0.15, -0.1) is 0 Å². The molecule has 3 nitrogen and oxygen atoms in total. The van der Waals surface area contributed by atoms with E-state index in [1.54, 1.807) is 0 Å². The zero-order chi connectivity index (χ0) is 10.8. The van der Waals surface area contributed by atoms with Gasteiger partial charge in [-0.25, -0.2) is 0 Å². The first-order chi connectivity index (χ1) is 7.18. The van der Waals surface area contributed by atoms with Crippen LogP contribution >= 0.6 is 15.9 Å². The summed E-state index contributed by atoms with van der Waals surface area (Å²) < 4.78 is 0.974. The fraction of sp³-hybridized carbons (Fsp3) is 0.364. The quantitative estimate of drug-likeness (QED) is 0.881. The molecule has 4 heteroatoms. The van der Waals surface area contributed by atoms with Gasteiger partial charge in [0.2, 0.25) is 0 Å². The molecule has 1 unspecified atom stereocenters. The molecule has 0 aliphatic carbocycles. The Labute approximate surface area is 96.6 Å². The molecule has 0 spiro atoms. The van der Waals surface area contributed by atoms with Crippen molar-refractivity contribution in [1.82, 2.24) is 5.32 Å². The lowest BCUT2D eigenvalue weighted by molar-refractivity contribution is -0.140. The molecule has 0 amide bonds. The van der Waals surface area contributed by atoms with Crippen LogP contribution < -0.4 is 5.32 Å². The molecule has 1 aromatic rings. The molecule has 0 bridgehead atoms. The number of hydrogen-bond donors (Lipinski definition) is 2. The maximum absolute atomic E-state index is 11.2. The number of nitrogens with one attached hydrogen (secondary N) is 1. The van der Waals surface area contributed by atoms with Crippen LogP contribution in [0.3, 0.4) is 0 Å². The summed E-state index contributed by atoms with van der Waals surface area (Å²) >= 11 is 3.34. The minimum absolute atomic E-state index is 0.226. The fourth-order valence-corrected chi connectivity index (χ4v) is 2.10. The lowest BCUT2D eigenvalue weighted by Gasteiger charge is -2.32. The Morgan fingerprint density at radius 3 is 2.40 bits per heavy atom. The molecule has 15 heavy (non-hydrogen) atoms. The molecule has 1 saturated heterocycles. The maximum atomic E-state index is 11.2. The van der Waals surface area contributed by atoms with Crippen LogP contribution in [-0.2, 0) is 4.79 Å². The number of carboxylic acids is 1. The van der Waals surface area contributed by atoms with Crippen molar-refractivity contribution in [2.75, 3.05) is 13.1 Å². The van der Waals surface area contributed by atoms with Crippen molar-refractivity contribution >= 4 is 21.9 Å². The first-order valence-corrected chi connectivity index (χ1v) is 5.67. The molecular formula is C11H12BrNO2.